The van der Waals surface area contributed by atoms with Crippen molar-refractivity contribution >= 4 is 40.8 Å². The van der Waals surface area contributed by atoms with Crippen molar-refractivity contribution in [2.24, 2.45) is 16.6 Å². The van der Waals surface area contributed by atoms with Crippen LogP contribution in [-0.2, 0) is 4.74 Å². The quantitative estimate of drug-likeness (QED) is 0.772. The number of thioether (sulfide) groups is 1. The van der Waals surface area contributed by atoms with Gasteiger partial charge in [0.05, 0.1) is 28.8 Å². The Hall–Kier alpha value is -1.44. The summed E-state index contributed by atoms with van der Waals surface area (Å²) in [5.41, 5.74) is 4.51. The first-order chi connectivity index (χ1) is 11.0. The van der Waals surface area contributed by atoms with Gasteiger partial charge in [0.25, 0.3) is 10.9 Å². The number of ether oxygens (including phenoxy) is 1. The molecular weight excluding hydrogens is 355 g/mol. The molecule has 2 heterocycles. The van der Waals surface area contributed by atoms with Crippen molar-refractivity contribution in [2.75, 3.05) is 12.4 Å². The second kappa shape index (κ2) is 4.55. The minimum atomic E-state index is -1.17. The molecule has 3 N–H and O–H groups in total. The van der Waals surface area contributed by atoms with Gasteiger partial charge in [-0.05, 0) is 11.6 Å². The van der Waals surface area contributed by atoms with Gasteiger partial charge in [0.2, 0.25) is 0 Å². The van der Waals surface area contributed by atoms with E-state index >= 15 is 0 Å². The molecule has 0 amide bonds. The Morgan fingerprint density at radius 2 is 2.13 bits per heavy atom. The van der Waals surface area contributed by atoms with Gasteiger partial charge in [-0.2, -0.15) is 10.5 Å². The van der Waals surface area contributed by atoms with Gasteiger partial charge in [0, 0.05) is 11.7 Å². The Bertz CT molecular complexity index is 839. The zero-order valence-corrected chi connectivity index (χ0v) is 14.1. The average Bonchev–Trinajstić information content (AvgIpc) is 2.78. The first kappa shape index (κ1) is 15.1. The topological polar surface area (TPSA) is 96.8 Å². The Labute approximate surface area is 147 Å². The summed E-state index contributed by atoms with van der Waals surface area (Å²) >= 11 is 13.9. The van der Waals surface area contributed by atoms with E-state index in [4.69, 9.17) is 33.7 Å². The first-order valence-corrected chi connectivity index (χ1v) is 8.70. The van der Waals surface area contributed by atoms with Crippen LogP contribution in [0.15, 0.2) is 18.2 Å². The van der Waals surface area contributed by atoms with Crippen molar-refractivity contribution in [2.45, 2.75) is 11.0 Å². The highest BCUT2D eigenvalue weighted by molar-refractivity contribution is 8.00. The highest BCUT2D eigenvalue weighted by atomic mass is 35.5. The van der Waals surface area contributed by atoms with E-state index in [1.165, 1.54) is 11.8 Å². The molecule has 1 saturated carbocycles. The third-order valence-corrected chi connectivity index (χ3v) is 7.14. The predicted molar refractivity (Wildman–Crippen MR) is 86.6 cm³/mol. The summed E-state index contributed by atoms with van der Waals surface area (Å²) in [5, 5.41) is 19.6. The molecule has 0 bridgehead atoms. The molecule has 2 aliphatic heterocycles. The molecule has 0 radical (unpaired) electrons. The van der Waals surface area contributed by atoms with Gasteiger partial charge >= 0.3 is 0 Å². The van der Waals surface area contributed by atoms with Gasteiger partial charge in [0.15, 0.2) is 10.8 Å². The van der Waals surface area contributed by atoms with Gasteiger partial charge < -0.3 is 4.74 Å². The van der Waals surface area contributed by atoms with E-state index in [1.54, 1.807) is 18.2 Å². The molecule has 0 unspecified atom stereocenters. The Balaban J connectivity index is 1.97. The van der Waals surface area contributed by atoms with Crippen LogP contribution in [-0.4, -0.2) is 23.3 Å². The number of nitrogens with zero attached hydrogens (tertiary/aromatic N) is 2. The van der Waals surface area contributed by atoms with E-state index in [2.05, 4.69) is 17.1 Å². The van der Waals surface area contributed by atoms with Crippen LogP contribution in [0.3, 0.4) is 0 Å². The SMILES string of the molecule is N#C[C@@]12[C@H](c3cccc(Cl)c3Cl)[C@]1(C#N)C(N)=[NH+][C@@]21OCCS1. The van der Waals surface area contributed by atoms with E-state index in [1.807, 2.05) is 0 Å². The summed E-state index contributed by atoms with van der Waals surface area (Å²) in [7, 11) is 0. The Morgan fingerprint density at radius 1 is 1.35 bits per heavy atom. The number of hydrogen-bond donors (Lipinski definition) is 2. The third-order valence-electron chi connectivity index (χ3n) is 4.99. The highest BCUT2D eigenvalue weighted by Crippen LogP contribution is 2.81. The summed E-state index contributed by atoms with van der Waals surface area (Å²) < 4.78 is 5.87. The number of halogens is 2. The van der Waals surface area contributed by atoms with Gasteiger partial charge in [-0.15, -0.1) is 0 Å². The third kappa shape index (κ3) is 1.42. The summed E-state index contributed by atoms with van der Waals surface area (Å²) in [4.78, 5) is 3.06. The number of nitrogens with one attached hydrogen (secondary N) is 1. The molecule has 4 atom stereocenters. The summed E-state index contributed by atoms with van der Waals surface area (Å²) in [6.45, 7) is 0.492. The maximum Gasteiger partial charge on any atom is 0.277 e. The minimum absolute atomic E-state index is 0.261. The van der Waals surface area contributed by atoms with Crippen LogP contribution in [0.5, 0.6) is 0 Å². The van der Waals surface area contributed by atoms with E-state index in [0.717, 1.165) is 5.75 Å². The predicted octanol–water partition coefficient (Wildman–Crippen LogP) is 0.979. The van der Waals surface area contributed by atoms with Crippen LogP contribution in [0.1, 0.15) is 11.5 Å². The number of nitrogens with two attached hydrogens (primary N) is 1. The number of hydrogen-bond acceptors (Lipinski definition) is 5. The molecule has 1 aromatic carbocycles. The van der Waals surface area contributed by atoms with Crippen LogP contribution in [0, 0.1) is 33.5 Å². The second-order valence-corrected chi connectivity index (χ2v) is 7.82. The van der Waals surface area contributed by atoms with Gasteiger partial charge in [-0.1, -0.05) is 47.1 Å². The largest absolute Gasteiger partial charge is 0.327 e. The number of nitriles is 2. The van der Waals surface area contributed by atoms with Crippen molar-refractivity contribution in [1.29, 1.82) is 10.5 Å². The zero-order chi connectivity index (χ0) is 16.5. The molecule has 1 aromatic rings. The minimum Gasteiger partial charge on any atom is -0.327 e. The number of rotatable bonds is 1. The molecule has 0 aromatic heterocycles. The molecule has 116 valence electrons. The molecule has 23 heavy (non-hydrogen) atoms. The van der Waals surface area contributed by atoms with E-state index < -0.39 is 21.8 Å². The lowest BCUT2D eigenvalue weighted by atomic mass is 9.95. The smallest absolute Gasteiger partial charge is 0.277 e. The molecule has 1 aliphatic carbocycles. The second-order valence-electron chi connectivity index (χ2n) is 5.77. The highest BCUT2D eigenvalue weighted by Gasteiger charge is 2.96. The van der Waals surface area contributed by atoms with Crippen molar-refractivity contribution in [3.63, 3.8) is 0 Å². The van der Waals surface area contributed by atoms with E-state index in [9.17, 15) is 10.5 Å². The molecule has 3 aliphatic rings. The lowest BCUT2D eigenvalue weighted by Crippen LogP contribution is -2.88. The van der Waals surface area contributed by atoms with Crippen molar-refractivity contribution in [3.05, 3.63) is 33.8 Å². The van der Waals surface area contributed by atoms with Crippen LogP contribution in [0.25, 0.3) is 0 Å². The molecule has 1 saturated heterocycles. The van der Waals surface area contributed by atoms with Gasteiger partial charge in [-0.25, -0.2) is 4.99 Å². The van der Waals surface area contributed by atoms with Crippen molar-refractivity contribution in [1.82, 2.24) is 0 Å². The molecule has 1 spiro atoms. The van der Waals surface area contributed by atoms with Crippen molar-refractivity contribution < 1.29 is 9.73 Å². The van der Waals surface area contributed by atoms with Crippen molar-refractivity contribution in [3.8, 4) is 12.1 Å². The fraction of sp³-hybridized carbons (Fsp3) is 0.400. The molecule has 4 rings (SSSR count). The maximum absolute atomic E-state index is 10.0. The molecule has 5 nitrogen and oxygen atoms in total. The molecule has 8 heteroatoms. The Morgan fingerprint density at radius 3 is 2.74 bits per heavy atom. The molecule has 2 fully saturated rings. The normalized spacial score (nSPS) is 40.3. The first-order valence-electron chi connectivity index (χ1n) is 6.96. The number of fused-ring (bicyclic) bond motifs is 2. The fourth-order valence-electron chi connectivity index (χ4n) is 4.03. The van der Waals surface area contributed by atoms with Gasteiger partial charge in [0.1, 0.15) is 0 Å². The summed E-state index contributed by atoms with van der Waals surface area (Å²) in [6, 6.07) is 9.81. The zero-order valence-electron chi connectivity index (χ0n) is 11.8. The number of benzene rings is 1. The Kier molecular flexibility index (Phi) is 2.99. The van der Waals surface area contributed by atoms with Crippen LogP contribution in [0.2, 0.25) is 10.0 Å². The summed E-state index contributed by atoms with van der Waals surface area (Å²) in [5.74, 6) is 0.501. The monoisotopic (exact) mass is 365 g/mol. The fourth-order valence-corrected chi connectivity index (χ4v) is 5.80. The van der Waals surface area contributed by atoms with E-state index in [-0.39, 0.29) is 5.84 Å². The van der Waals surface area contributed by atoms with Gasteiger partial charge in [-0.3, -0.25) is 5.73 Å². The van der Waals surface area contributed by atoms with Crippen LogP contribution in [0.4, 0.5) is 0 Å². The lowest BCUT2D eigenvalue weighted by Gasteiger charge is -2.24. The average molecular weight is 366 g/mol. The standard InChI is InChI=1S/C15H10Cl2N4OS/c16-9-3-1-2-8(10(9)17)11-13(6-18)12(20)21-15(14(11,13)7-19)22-4-5-23-15/h1-3,11H,4-5H2,(H2,20,21)/p+1/t11-,13-,14-,15-/m1/s1. The van der Waals surface area contributed by atoms with Crippen LogP contribution < -0.4 is 10.7 Å². The van der Waals surface area contributed by atoms with Crippen LogP contribution >= 0.6 is 35.0 Å². The number of amidine groups is 1. The molecular formula is C15H11Cl2N4OS+. The van der Waals surface area contributed by atoms with E-state index in [0.29, 0.717) is 22.2 Å². The lowest BCUT2D eigenvalue weighted by molar-refractivity contribution is -0.583. The maximum atomic E-state index is 10.0. The summed E-state index contributed by atoms with van der Waals surface area (Å²) in [6.07, 6.45) is 0.